The highest BCUT2D eigenvalue weighted by Gasteiger charge is 2.59. The second-order valence-corrected chi connectivity index (χ2v) is 4.70. The van der Waals surface area contributed by atoms with Gasteiger partial charge in [-0.15, -0.1) is 0 Å². The Morgan fingerprint density at radius 3 is 2.64 bits per heavy atom. The van der Waals surface area contributed by atoms with E-state index in [1.807, 2.05) is 0 Å². The lowest BCUT2D eigenvalue weighted by atomic mass is 9.82. The van der Waals surface area contributed by atoms with Crippen LogP contribution in [0.4, 0.5) is 0 Å². The molecule has 1 saturated heterocycles. The molecule has 1 heterocycles. The normalized spacial score (nSPS) is 44.7. The third-order valence-electron chi connectivity index (χ3n) is 4.10. The van der Waals surface area contributed by atoms with E-state index in [2.05, 4.69) is 13.0 Å². The van der Waals surface area contributed by atoms with Crippen molar-refractivity contribution < 1.29 is 9.59 Å². The van der Waals surface area contributed by atoms with Crippen LogP contribution in [0.25, 0.3) is 0 Å². The standard InChI is InChI=1S/C11H13NO2/c1-5-3-6-4-7(5)9-8(6)10(13)12(2)11(9)14/h3,6-9H,4H2,1-2H3/t6-,7-,8-,9+/m0/s1. The summed E-state index contributed by atoms with van der Waals surface area (Å²) in [4.78, 5) is 24.9. The van der Waals surface area contributed by atoms with Gasteiger partial charge in [0.25, 0.3) is 0 Å². The molecule has 2 bridgehead atoms. The molecule has 3 aliphatic rings. The number of carbonyl (C=O) groups excluding carboxylic acids is 2. The van der Waals surface area contributed by atoms with E-state index < -0.39 is 0 Å². The average molecular weight is 191 g/mol. The summed E-state index contributed by atoms with van der Waals surface area (Å²) >= 11 is 0. The zero-order chi connectivity index (χ0) is 10.0. The van der Waals surface area contributed by atoms with Crippen LogP contribution < -0.4 is 0 Å². The average Bonchev–Trinajstić information content (AvgIpc) is 2.74. The van der Waals surface area contributed by atoms with Crippen LogP contribution in [-0.4, -0.2) is 23.8 Å². The van der Waals surface area contributed by atoms with Crippen LogP contribution in [0.2, 0.25) is 0 Å². The van der Waals surface area contributed by atoms with Crippen LogP contribution in [0.5, 0.6) is 0 Å². The summed E-state index contributed by atoms with van der Waals surface area (Å²) in [7, 11) is 1.61. The fourth-order valence-corrected chi connectivity index (χ4v) is 3.42. The van der Waals surface area contributed by atoms with Crippen LogP contribution in [0.1, 0.15) is 13.3 Å². The molecule has 1 saturated carbocycles. The van der Waals surface area contributed by atoms with E-state index in [1.165, 1.54) is 10.5 Å². The summed E-state index contributed by atoms with van der Waals surface area (Å²) in [5.74, 6) is 0.720. The number of allylic oxidation sites excluding steroid dienone is 2. The maximum absolute atomic E-state index is 11.8. The first kappa shape index (κ1) is 8.21. The number of nitrogens with zero attached hydrogens (tertiary/aromatic N) is 1. The van der Waals surface area contributed by atoms with Crippen molar-refractivity contribution in [1.29, 1.82) is 0 Å². The Bertz CT molecular complexity index is 371. The molecule has 3 rings (SSSR count). The van der Waals surface area contributed by atoms with E-state index in [0.717, 1.165) is 6.42 Å². The molecule has 74 valence electrons. The quantitative estimate of drug-likeness (QED) is 0.420. The third kappa shape index (κ3) is 0.703. The summed E-state index contributed by atoms with van der Waals surface area (Å²) in [6.07, 6.45) is 3.21. The number of hydrogen-bond acceptors (Lipinski definition) is 2. The Morgan fingerprint density at radius 1 is 1.29 bits per heavy atom. The molecule has 2 amide bonds. The lowest BCUT2D eigenvalue weighted by molar-refractivity contribution is -0.139. The molecule has 14 heavy (non-hydrogen) atoms. The van der Waals surface area contributed by atoms with Crippen molar-refractivity contribution in [2.45, 2.75) is 13.3 Å². The van der Waals surface area contributed by atoms with Crippen molar-refractivity contribution in [3.8, 4) is 0 Å². The molecule has 0 radical (unpaired) electrons. The number of carbonyl (C=O) groups is 2. The zero-order valence-electron chi connectivity index (χ0n) is 8.36. The minimum Gasteiger partial charge on any atom is -0.285 e. The second kappa shape index (κ2) is 2.27. The first-order chi connectivity index (χ1) is 6.61. The van der Waals surface area contributed by atoms with Gasteiger partial charge in [0.15, 0.2) is 0 Å². The van der Waals surface area contributed by atoms with Gasteiger partial charge in [0.2, 0.25) is 11.8 Å². The summed E-state index contributed by atoms with van der Waals surface area (Å²) < 4.78 is 0. The Hall–Kier alpha value is -1.12. The van der Waals surface area contributed by atoms with Gasteiger partial charge in [0.05, 0.1) is 11.8 Å². The number of hydrogen-bond donors (Lipinski definition) is 0. The molecule has 0 spiro atoms. The Kier molecular flexibility index (Phi) is 1.33. The molecule has 1 aliphatic heterocycles. The Balaban J connectivity index is 2.07. The first-order valence-electron chi connectivity index (χ1n) is 5.11. The smallest absolute Gasteiger partial charge is 0.233 e. The van der Waals surface area contributed by atoms with Gasteiger partial charge < -0.3 is 0 Å². The van der Waals surface area contributed by atoms with E-state index in [9.17, 15) is 9.59 Å². The van der Waals surface area contributed by atoms with Gasteiger partial charge in [-0.25, -0.2) is 0 Å². The molecule has 0 N–H and O–H groups in total. The highest BCUT2D eigenvalue weighted by molar-refractivity contribution is 6.06. The van der Waals surface area contributed by atoms with Crippen LogP contribution in [0, 0.1) is 23.7 Å². The summed E-state index contributed by atoms with van der Waals surface area (Å²) in [5, 5.41) is 0. The van der Waals surface area contributed by atoms with Crippen LogP contribution in [0.3, 0.4) is 0 Å². The molecular formula is C11H13NO2. The number of likely N-dealkylation sites (tertiary alicyclic amines) is 1. The van der Waals surface area contributed by atoms with Gasteiger partial charge in [-0.2, -0.15) is 0 Å². The second-order valence-electron chi connectivity index (χ2n) is 4.70. The molecular weight excluding hydrogens is 178 g/mol. The Labute approximate surface area is 82.8 Å². The van der Waals surface area contributed by atoms with Gasteiger partial charge in [-0.1, -0.05) is 11.6 Å². The minimum absolute atomic E-state index is 0.0255. The van der Waals surface area contributed by atoms with Gasteiger partial charge >= 0.3 is 0 Å². The number of fused-ring (bicyclic) bond motifs is 5. The number of imide groups is 1. The summed E-state index contributed by atoms with van der Waals surface area (Å²) in [5.41, 5.74) is 1.31. The van der Waals surface area contributed by atoms with Crippen molar-refractivity contribution in [3.63, 3.8) is 0 Å². The molecule has 2 aliphatic carbocycles. The van der Waals surface area contributed by atoms with Gasteiger partial charge in [-0.3, -0.25) is 14.5 Å². The highest BCUT2D eigenvalue weighted by atomic mass is 16.2. The summed E-state index contributed by atoms with van der Waals surface area (Å²) in [6.45, 7) is 2.08. The SMILES string of the molecule is CC1=C[C@H]2C[C@@H]1[C@H]1C(=O)N(C)C(=O)[C@H]12. The van der Waals surface area contributed by atoms with Crippen LogP contribution in [0.15, 0.2) is 11.6 Å². The fraction of sp³-hybridized carbons (Fsp3) is 0.636. The molecule has 4 atom stereocenters. The molecule has 3 nitrogen and oxygen atoms in total. The van der Waals surface area contributed by atoms with Gasteiger partial charge in [-0.05, 0) is 25.2 Å². The fourth-order valence-electron chi connectivity index (χ4n) is 3.42. The van der Waals surface area contributed by atoms with E-state index in [1.54, 1.807) is 7.05 Å². The van der Waals surface area contributed by atoms with Crippen molar-refractivity contribution in [1.82, 2.24) is 4.90 Å². The van der Waals surface area contributed by atoms with E-state index in [-0.39, 0.29) is 23.7 Å². The summed E-state index contributed by atoms with van der Waals surface area (Å²) in [6, 6.07) is 0. The highest BCUT2D eigenvalue weighted by Crippen LogP contribution is 2.54. The maximum Gasteiger partial charge on any atom is 0.233 e. The molecule has 0 aromatic rings. The maximum atomic E-state index is 11.8. The van der Waals surface area contributed by atoms with E-state index >= 15 is 0 Å². The molecule has 0 unspecified atom stereocenters. The monoisotopic (exact) mass is 191 g/mol. The lowest BCUT2D eigenvalue weighted by Crippen LogP contribution is -2.28. The first-order valence-corrected chi connectivity index (χ1v) is 5.11. The molecule has 0 aromatic heterocycles. The van der Waals surface area contributed by atoms with Crippen LogP contribution >= 0.6 is 0 Å². The largest absolute Gasteiger partial charge is 0.285 e. The zero-order valence-corrected chi connectivity index (χ0v) is 8.36. The third-order valence-corrected chi connectivity index (χ3v) is 4.10. The Morgan fingerprint density at radius 2 is 1.93 bits per heavy atom. The van der Waals surface area contributed by atoms with Gasteiger partial charge in [0, 0.05) is 7.05 Å². The predicted octanol–water partition coefficient (Wildman–Crippen LogP) is 0.813. The van der Waals surface area contributed by atoms with E-state index in [4.69, 9.17) is 0 Å². The van der Waals surface area contributed by atoms with Crippen molar-refractivity contribution >= 4 is 11.8 Å². The number of rotatable bonds is 0. The molecule has 2 fully saturated rings. The molecule has 0 aromatic carbocycles. The van der Waals surface area contributed by atoms with E-state index in [0.29, 0.717) is 11.8 Å². The van der Waals surface area contributed by atoms with Crippen molar-refractivity contribution in [3.05, 3.63) is 11.6 Å². The van der Waals surface area contributed by atoms with Crippen LogP contribution in [-0.2, 0) is 9.59 Å². The minimum atomic E-state index is -0.0267. The molecule has 3 heteroatoms. The van der Waals surface area contributed by atoms with Crippen molar-refractivity contribution in [2.24, 2.45) is 23.7 Å². The number of amides is 2. The predicted molar refractivity (Wildman–Crippen MR) is 50.1 cm³/mol. The lowest BCUT2D eigenvalue weighted by Gasteiger charge is -2.18. The topological polar surface area (TPSA) is 37.4 Å². The van der Waals surface area contributed by atoms with Gasteiger partial charge in [0.1, 0.15) is 0 Å². The van der Waals surface area contributed by atoms with Crippen molar-refractivity contribution in [2.75, 3.05) is 7.05 Å².